The van der Waals surface area contributed by atoms with E-state index >= 15 is 0 Å². The summed E-state index contributed by atoms with van der Waals surface area (Å²) >= 11 is 0. The van der Waals surface area contributed by atoms with E-state index in [1.807, 2.05) is 30.3 Å². The lowest BCUT2D eigenvalue weighted by atomic mass is 10.1. The summed E-state index contributed by atoms with van der Waals surface area (Å²) in [6.45, 7) is 0.380. The van der Waals surface area contributed by atoms with Gasteiger partial charge in [-0.2, -0.15) is 0 Å². The average molecular weight is 297 g/mol. The first-order chi connectivity index (χ1) is 9.52. The van der Waals surface area contributed by atoms with E-state index in [2.05, 4.69) is 5.32 Å². The normalized spacial score (nSPS) is 22.4. The summed E-state index contributed by atoms with van der Waals surface area (Å²) < 4.78 is 27.9. The SMILES string of the molecule is CO[C@@H](C(=O)NC[C@H]1CCS(=O)(=O)C1)c1ccccc1. The van der Waals surface area contributed by atoms with Gasteiger partial charge in [-0.25, -0.2) is 8.42 Å². The number of amides is 1. The second-order valence-electron chi connectivity index (χ2n) is 5.04. The molecule has 20 heavy (non-hydrogen) atoms. The first kappa shape index (κ1) is 15.0. The van der Waals surface area contributed by atoms with Gasteiger partial charge in [-0.15, -0.1) is 0 Å². The van der Waals surface area contributed by atoms with E-state index in [1.165, 1.54) is 7.11 Å². The summed E-state index contributed by atoms with van der Waals surface area (Å²) in [6.07, 6.45) is -0.0415. The standard InChI is InChI=1S/C14H19NO4S/c1-19-13(12-5-3-2-4-6-12)14(16)15-9-11-7-8-20(17,18)10-11/h2-6,11,13H,7-10H2,1H3,(H,15,16)/t11-,13-/m1/s1. The molecule has 1 aromatic carbocycles. The maximum atomic E-state index is 12.1. The fourth-order valence-corrected chi connectivity index (χ4v) is 4.25. The number of methoxy groups -OCH3 is 1. The number of benzene rings is 1. The van der Waals surface area contributed by atoms with Gasteiger partial charge < -0.3 is 10.1 Å². The fourth-order valence-electron chi connectivity index (χ4n) is 2.39. The van der Waals surface area contributed by atoms with Gasteiger partial charge in [0.05, 0.1) is 11.5 Å². The van der Waals surface area contributed by atoms with Crippen LogP contribution < -0.4 is 5.32 Å². The second kappa shape index (κ2) is 6.37. The van der Waals surface area contributed by atoms with Crippen molar-refractivity contribution in [3.8, 4) is 0 Å². The number of rotatable bonds is 5. The number of carbonyl (C=O) groups excluding carboxylic acids is 1. The summed E-state index contributed by atoms with van der Waals surface area (Å²) in [4.78, 5) is 12.1. The Kier molecular flexibility index (Phi) is 4.77. The summed E-state index contributed by atoms with van der Waals surface area (Å²) in [5, 5.41) is 2.78. The zero-order chi connectivity index (χ0) is 14.6. The Balaban J connectivity index is 1.91. The molecule has 6 heteroatoms. The van der Waals surface area contributed by atoms with Gasteiger partial charge in [0, 0.05) is 13.7 Å². The number of ether oxygens (including phenoxy) is 1. The van der Waals surface area contributed by atoms with Crippen molar-refractivity contribution >= 4 is 15.7 Å². The minimum atomic E-state index is -2.90. The number of carbonyl (C=O) groups is 1. The number of sulfone groups is 1. The molecule has 0 bridgehead atoms. The first-order valence-corrected chi connectivity index (χ1v) is 8.40. The molecule has 0 unspecified atom stereocenters. The van der Waals surface area contributed by atoms with Crippen LogP contribution in [0.1, 0.15) is 18.1 Å². The Morgan fingerprint density at radius 3 is 2.65 bits per heavy atom. The molecule has 1 aliphatic rings. The van der Waals surface area contributed by atoms with E-state index in [0.29, 0.717) is 13.0 Å². The molecular formula is C14H19NO4S. The van der Waals surface area contributed by atoms with Gasteiger partial charge in [0.15, 0.2) is 15.9 Å². The van der Waals surface area contributed by atoms with Crippen molar-refractivity contribution in [2.75, 3.05) is 25.2 Å². The molecule has 1 N–H and O–H groups in total. The maximum absolute atomic E-state index is 12.1. The van der Waals surface area contributed by atoms with Crippen LogP contribution in [0.25, 0.3) is 0 Å². The van der Waals surface area contributed by atoms with Crippen molar-refractivity contribution in [1.82, 2.24) is 5.32 Å². The van der Waals surface area contributed by atoms with Gasteiger partial charge in [-0.05, 0) is 17.9 Å². The third kappa shape index (κ3) is 3.80. The predicted molar refractivity (Wildman–Crippen MR) is 76.0 cm³/mol. The largest absolute Gasteiger partial charge is 0.367 e. The molecular weight excluding hydrogens is 278 g/mol. The van der Waals surface area contributed by atoms with Crippen LogP contribution in [0.4, 0.5) is 0 Å². The zero-order valence-electron chi connectivity index (χ0n) is 11.4. The Hall–Kier alpha value is -1.40. The van der Waals surface area contributed by atoms with Gasteiger partial charge in [0.2, 0.25) is 0 Å². The quantitative estimate of drug-likeness (QED) is 0.877. The second-order valence-corrected chi connectivity index (χ2v) is 7.27. The van der Waals surface area contributed by atoms with Crippen molar-refractivity contribution in [3.05, 3.63) is 35.9 Å². The predicted octanol–water partition coefficient (Wildman–Crippen LogP) is 0.925. The molecule has 1 heterocycles. The molecule has 0 radical (unpaired) electrons. The molecule has 1 saturated heterocycles. The van der Waals surface area contributed by atoms with Crippen LogP contribution in [0, 0.1) is 5.92 Å². The van der Waals surface area contributed by atoms with Crippen molar-refractivity contribution in [2.45, 2.75) is 12.5 Å². The van der Waals surface area contributed by atoms with Crippen LogP contribution in [0.3, 0.4) is 0 Å². The van der Waals surface area contributed by atoms with Crippen LogP contribution >= 0.6 is 0 Å². The lowest BCUT2D eigenvalue weighted by molar-refractivity contribution is -0.131. The highest BCUT2D eigenvalue weighted by Crippen LogP contribution is 2.19. The van der Waals surface area contributed by atoms with E-state index in [9.17, 15) is 13.2 Å². The lowest BCUT2D eigenvalue weighted by Gasteiger charge is -2.17. The van der Waals surface area contributed by atoms with Gasteiger partial charge in [-0.1, -0.05) is 30.3 Å². The van der Waals surface area contributed by atoms with Crippen LogP contribution in [0.2, 0.25) is 0 Å². The molecule has 1 aromatic rings. The monoisotopic (exact) mass is 297 g/mol. The third-order valence-electron chi connectivity index (χ3n) is 3.47. The molecule has 2 atom stereocenters. The fraction of sp³-hybridized carbons (Fsp3) is 0.500. The summed E-state index contributed by atoms with van der Waals surface area (Å²) in [5.41, 5.74) is 0.784. The molecule has 1 aliphatic heterocycles. The minimum absolute atomic E-state index is 0.0113. The summed E-state index contributed by atoms with van der Waals surface area (Å²) in [5.74, 6) is 0.163. The van der Waals surface area contributed by atoms with E-state index in [-0.39, 0.29) is 23.3 Å². The van der Waals surface area contributed by atoms with Crippen LogP contribution in [-0.2, 0) is 19.4 Å². The zero-order valence-corrected chi connectivity index (χ0v) is 12.2. The lowest BCUT2D eigenvalue weighted by Crippen LogP contribution is -2.34. The van der Waals surface area contributed by atoms with Gasteiger partial charge >= 0.3 is 0 Å². The van der Waals surface area contributed by atoms with E-state index in [4.69, 9.17) is 4.74 Å². The number of nitrogens with one attached hydrogen (secondary N) is 1. The Bertz CT molecular complexity index is 556. The topological polar surface area (TPSA) is 72.5 Å². The first-order valence-electron chi connectivity index (χ1n) is 6.58. The van der Waals surface area contributed by atoms with Crippen molar-refractivity contribution in [2.24, 2.45) is 5.92 Å². The van der Waals surface area contributed by atoms with Crippen molar-refractivity contribution in [3.63, 3.8) is 0 Å². The highest BCUT2D eigenvalue weighted by Gasteiger charge is 2.29. The highest BCUT2D eigenvalue weighted by atomic mass is 32.2. The molecule has 0 aromatic heterocycles. The smallest absolute Gasteiger partial charge is 0.253 e. The molecule has 1 amide bonds. The van der Waals surface area contributed by atoms with Crippen LogP contribution in [0.5, 0.6) is 0 Å². The van der Waals surface area contributed by atoms with Crippen LogP contribution in [0.15, 0.2) is 30.3 Å². The number of hydrogen-bond acceptors (Lipinski definition) is 4. The van der Waals surface area contributed by atoms with E-state index in [1.54, 1.807) is 0 Å². The minimum Gasteiger partial charge on any atom is -0.367 e. The molecule has 0 saturated carbocycles. The van der Waals surface area contributed by atoms with Crippen molar-refractivity contribution in [1.29, 1.82) is 0 Å². The Morgan fingerprint density at radius 1 is 1.40 bits per heavy atom. The average Bonchev–Trinajstić information content (AvgIpc) is 2.78. The van der Waals surface area contributed by atoms with Gasteiger partial charge in [-0.3, -0.25) is 4.79 Å². The maximum Gasteiger partial charge on any atom is 0.253 e. The molecule has 5 nitrogen and oxygen atoms in total. The van der Waals surface area contributed by atoms with Crippen LogP contribution in [-0.4, -0.2) is 39.5 Å². The summed E-state index contributed by atoms with van der Waals surface area (Å²) in [6, 6.07) is 9.22. The van der Waals surface area contributed by atoms with E-state index < -0.39 is 15.9 Å². The molecule has 0 spiro atoms. The Labute approximate surface area is 119 Å². The Morgan fingerprint density at radius 2 is 2.10 bits per heavy atom. The van der Waals surface area contributed by atoms with Gasteiger partial charge in [0.1, 0.15) is 0 Å². The number of hydrogen-bond donors (Lipinski definition) is 1. The van der Waals surface area contributed by atoms with E-state index in [0.717, 1.165) is 5.56 Å². The van der Waals surface area contributed by atoms with Gasteiger partial charge in [0.25, 0.3) is 5.91 Å². The molecule has 1 fully saturated rings. The molecule has 0 aliphatic carbocycles. The third-order valence-corrected chi connectivity index (χ3v) is 5.30. The molecule has 2 rings (SSSR count). The highest BCUT2D eigenvalue weighted by molar-refractivity contribution is 7.91. The summed E-state index contributed by atoms with van der Waals surface area (Å²) in [7, 11) is -1.42. The molecule has 110 valence electrons. The van der Waals surface area contributed by atoms with Crippen molar-refractivity contribution < 1.29 is 17.9 Å².